The Balaban J connectivity index is 1.77. The van der Waals surface area contributed by atoms with E-state index in [2.05, 4.69) is 35.1 Å². The van der Waals surface area contributed by atoms with Crippen LogP contribution >= 0.6 is 0 Å². The fourth-order valence-corrected chi connectivity index (χ4v) is 2.99. The molecule has 2 atom stereocenters. The summed E-state index contributed by atoms with van der Waals surface area (Å²) in [5, 5.41) is 0. The van der Waals surface area contributed by atoms with Gasteiger partial charge in [-0.15, -0.1) is 0 Å². The van der Waals surface area contributed by atoms with Crippen LogP contribution in [0.1, 0.15) is 19.3 Å². The molecule has 2 saturated heterocycles. The molecule has 2 heteroatoms. The van der Waals surface area contributed by atoms with E-state index in [4.69, 9.17) is 0 Å². The molecule has 2 heterocycles. The minimum Gasteiger partial charge on any atom is -0.366 e. The van der Waals surface area contributed by atoms with Gasteiger partial charge in [0.2, 0.25) is 0 Å². The van der Waals surface area contributed by atoms with Crippen LogP contribution < -0.4 is 0 Å². The van der Waals surface area contributed by atoms with Crippen molar-refractivity contribution >= 4 is 0 Å². The summed E-state index contributed by atoms with van der Waals surface area (Å²) in [6, 6.07) is 1.61. The Bertz CT molecular complexity index is 291. The topological polar surface area (TPSA) is 6.48 Å². The molecule has 3 aliphatic rings. The van der Waals surface area contributed by atoms with E-state index in [1.165, 1.54) is 38.0 Å². The van der Waals surface area contributed by atoms with E-state index in [1.807, 2.05) is 0 Å². The number of fused-ring (bicyclic) bond motifs is 2. The second-order valence-corrected chi connectivity index (χ2v) is 4.74. The Morgan fingerprint density at radius 2 is 2.14 bits per heavy atom. The molecule has 0 aromatic carbocycles. The highest BCUT2D eigenvalue weighted by Gasteiger charge is 2.41. The van der Waals surface area contributed by atoms with Crippen LogP contribution in [-0.2, 0) is 0 Å². The summed E-state index contributed by atoms with van der Waals surface area (Å²) in [6.07, 6.45) is 10.9. The third-order valence-electron chi connectivity index (χ3n) is 3.82. The highest BCUT2D eigenvalue weighted by molar-refractivity contribution is 5.24. The smallest absolute Gasteiger partial charge is 0.0433 e. The van der Waals surface area contributed by atoms with E-state index in [0.29, 0.717) is 0 Å². The highest BCUT2D eigenvalue weighted by atomic mass is 15.3. The van der Waals surface area contributed by atoms with Crippen molar-refractivity contribution in [1.29, 1.82) is 0 Å². The van der Waals surface area contributed by atoms with Crippen molar-refractivity contribution in [2.75, 3.05) is 20.1 Å². The summed E-state index contributed by atoms with van der Waals surface area (Å²) in [5.74, 6) is 0. The lowest BCUT2D eigenvalue weighted by molar-refractivity contribution is 0.185. The van der Waals surface area contributed by atoms with E-state index < -0.39 is 0 Å². The summed E-state index contributed by atoms with van der Waals surface area (Å²) < 4.78 is 0. The average molecular weight is 190 g/mol. The third kappa shape index (κ3) is 1.21. The number of likely N-dealkylation sites (tertiary alicyclic amines) is 2. The van der Waals surface area contributed by atoms with Gasteiger partial charge in [-0.25, -0.2) is 0 Å². The summed E-state index contributed by atoms with van der Waals surface area (Å²) in [7, 11) is 2.26. The molecule has 0 saturated carbocycles. The number of rotatable bonds is 1. The van der Waals surface area contributed by atoms with E-state index in [1.54, 1.807) is 0 Å². The lowest BCUT2D eigenvalue weighted by Crippen LogP contribution is -2.43. The number of likely N-dealkylation sites (N-methyl/N-ethyl adjacent to an activating group) is 1. The van der Waals surface area contributed by atoms with Gasteiger partial charge in [0.25, 0.3) is 0 Å². The molecule has 2 nitrogen and oxygen atoms in total. The minimum absolute atomic E-state index is 0.791. The van der Waals surface area contributed by atoms with Gasteiger partial charge >= 0.3 is 0 Å². The SMILES string of the molecule is CN1CC2CC1CN2C1=CCCC=C1. The Kier molecular flexibility index (Phi) is 1.91. The maximum Gasteiger partial charge on any atom is 0.0433 e. The van der Waals surface area contributed by atoms with Gasteiger partial charge in [-0.05, 0) is 32.4 Å². The lowest BCUT2D eigenvalue weighted by atomic mass is 10.1. The van der Waals surface area contributed by atoms with E-state index in [-0.39, 0.29) is 0 Å². The molecule has 2 unspecified atom stereocenters. The van der Waals surface area contributed by atoms with E-state index in [9.17, 15) is 0 Å². The molecule has 0 radical (unpaired) electrons. The fraction of sp³-hybridized carbons (Fsp3) is 0.667. The molecule has 2 fully saturated rings. The van der Waals surface area contributed by atoms with Crippen molar-refractivity contribution in [2.45, 2.75) is 31.3 Å². The second-order valence-electron chi connectivity index (χ2n) is 4.74. The minimum atomic E-state index is 0.791. The summed E-state index contributed by atoms with van der Waals surface area (Å²) >= 11 is 0. The monoisotopic (exact) mass is 190 g/mol. The molecule has 0 aromatic heterocycles. The van der Waals surface area contributed by atoms with Crippen LogP contribution in [0.2, 0.25) is 0 Å². The Labute approximate surface area is 85.9 Å². The van der Waals surface area contributed by atoms with Gasteiger partial charge in [0, 0.05) is 30.9 Å². The second kappa shape index (κ2) is 3.13. The van der Waals surface area contributed by atoms with Crippen LogP contribution in [0.25, 0.3) is 0 Å². The van der Waals surface area contributed by atoms with E-state index >= 15 is 0 Å². The van der Waals surface area contributed by atoms with Gasteiger partial charge in [0.1, 0.15) is 0 Å². The molecule has 0 amide bonds. The van der Waals surface area contributed by atoms with Crippen LogP contribution in [0.4, 0.5) is 0 Å². The number of hydrogen-bond acceptors (Lipinski definition) is 2. The van der Waals surface area contributed by atoms with Gasteiger partial charge in [0.05, 0.1) is 0 Å². The summed E-state index contributed by atoms with van der Waals surface area (Å²) in [6.45, 7) is 2.51. The fourth-order valence-electron chi connectivity index (χ4n) is 2.99. The predicted molar refractivity (Wildman–Crippen MR) is 58.0 cm³/mol. The first-order valence-electron chi connectivity index (χ1n) is 5.68. The van der Waals surface area contributed by atoms with Crippen LogP contribution in [0, 0.1) is 0 Å². The van der Waals surface area contributed by atoms with Crippen molar-refractivity contribution in [1.82, 2.24) is 9.80 Å². The molecule has 3 rings (SSSR count). The molecule has 2 aliphatic heterocycles. The first-order valence-corrected chi connectivity index (χ1v) is 5.68. The zero-order valence-electron chi connectivity index (χ0n) is 8.82. The van der Waals surface area contributed by atoms with Crippen LogP contribution in [0.3, 0.4) is 0 Å². The zero-order chi connectivity index (χ0) is 9.54. The quantitative estimate of drug-likeness (QED) is 0.620. The first-order chi connectivity index (χ1) is 6.84. The molecule has 0 spiro atoms. The number of piperazine rings is 1. The lowest BCUT2D eigenvalue weighted by Gasteiger charge is -2.34. The van der Waals surface area contributed by atoms with Crippen LogP contribution in [0.15, 0.2) is 23.9 Å². The summed E-state index contributed by atoms with van der Waals surface area (Å²) in [4.78, 5) is 5.12. The van der Waals surface area contributed by atoms with Crippen molar-refractivity contribution in [3.05, 3.63) is 23.9 Å². The highest BCUT2D eigenvalue weighted by Crippen LogP contribution is 2.33. The predicted octanol–water partition coefficient (Wildman–Crippen LogP) is 1.61. The standard InChI is InChI=1S/C12H18N2/c1-13-8-12-7-11(13)9-14(12)10-5-3-2-4-6-10/h3,5-6,11-12H,2,4,7-9H2,1H3. The molecular formula is C12H18N2. The van der Waals surface area contributed by atoms with Crippen LogP contribution in [0.5, 0.6) is 0 Å². The van der Waals surface area contributed by atoms with Gasteiger partial charge in [-0.1, -0.05) is 12.2 Å². The Morgan fingerprint density at radius 1 is 1.21 bits per heavy atom. The third-order valence-corrected chi connectivity index (χ3v) is 3.82. The number of nitrogens with zero attached hydrogens (tertiary/aromatic N) is 2. The molecule has 2 bridgehead atoms. The van der Waals surface area contributed by atoms with Crippen molar-refractivity contribution in [3.8, 4) is 0 Å². The van der Waals surface area contributed by atoms with Crippen molar-refractivity contribution < 1.29 is 0 Å². The molecule has 0 N–H and O–H groups in total. The molecule has 0 aromatic rings. The number of allylic oxidation sites excluding steroid dienone is 3. The molecule has 1 aliphatic carbocycles. The number of hydrogen-bond donors (Lipinski definition) is 0. The average Bonchev–Trinajstić information content (AvgIpc) is 2.77. The van der Waals surface area contributed by atoms with Gasteiger partial charge in [-0.2, -0.15) is 0 Å². The maximum atomic E-state index is 2.61. The summed E-state index contributed by atoms with van der Waals surface area (Å²) in [5.41, 5.74) is 1.48. The van der Waals surface area contributed by atoms with Gasteiger partial charge in [0.15, 0.2) is 0 Å². The molecule has 14 heavy (non-hydrogen) atoms. The van der Waals surface area contributed by atoms with Gasteiger partial charge < -0.3 is 4.90 Å². The Hall–Kier alpha value is -0.760. The zero-order valence-corrected chi connectivity index (χ0v) is 8.82. The maximum absolute atomic E-state index is 2.61. The Morgan fingerprint density at radius 3 is 2.71 bits per heavy atom. The molecule has 76 valence electrons. The first kappa shape index (κ1) is 8.54. The normalized spacial score (nSPS) is 36.6. The largest absolute Gasteiger partial charge is 0.366 e. The van der Waals surface area contributed by atoms with Crippen molar-refractivity contribution in [2.24, 2.45) is 0 Å². The van der Waals surface area contributed by atoms with E-state index in [0.717, 1.165) is 12.1 Å². The van der Waals surface area contributed by atoms with Crippen LogP contribution in [-0.4, -0.2) is 42.0 Å². The van der Waals surface area contributed by atoms with Crippen molar-refractivity contribution in [3.63, 3.8) is 0 Å². The van der Waals surface area contributed by atoms with Gasteiger partial charge in [-0.3, -0.25) is 4.90 Å². The molecular weight excluding hydrogens is 172 g/mol.